The zero-order chi connectivity index (χ0) is 9.52. The lowest BCUT2D eigenvalue weighted by Gasteiger charge is -2.11. The Bertz CT molecular complexity index is 155. The molecular formula is C9H19N3O. The summed E-state index contributed by atoms with van der Waals surface area (Å²) in [5.41, 5.74) is 0. The molecule has 0 bridgehead atoms. The average Bonchev–Trinajstić information content (AvgIpc) is 2.57. The van der Waals surface area contributed by atoms with Crippen molar-refractivity contribution in [1.82, 2.24) is 16.0 Å². The van der Waals surface area contributed by atoms with Gasteiger partial charge in [0.1, 0.15) is 0 Å². The summed E-state index contributed by atoms with van der Waals surface area (Å²) in [6.45, 7) is 4.81. The summed E-state index contributed by atoms with van der Waals surface area (Å²) < 4.78 is 0. The van der Waals surface area contributed by atoms with Crippen LogP contribution < -0.4 is 16.0 Å². The number of carbonyl (C=O) groups excluding carboxylic acids is 1. The molecule has 1 heterocycles. The molecule has 0 aromatic rings. The van der Waals surface area contributed by atoms with Crippen molar-refractivity contribution >= 4 is 6.03 Å². The first-order valence-corrected chi connectivity index (χ1v) is 5.08. The summed E-state index contributed by atoms with van der Waals surface area (Å²) in [7, 11) is 0. The van der Waals surface area contributed by atoms with E-state index in [4.69, 9.17) is 0 Å². The number of rotatable bonds is 4. The highest BCUT2D eigenvalue weighted by molar-refractivity contribution is 5.74. The maximum absolute atomic E-state index is 11.2. The molecule has 1 aliphatic heterocycles. The Labute approximate surface area is 79.5 Å². The van der Waals surface area contributed by atoms with Crippen molar-refractivity contribution < 1.29 is 4.79 Å². The van der Waals surface area contributed by atoms with Gasteiger partial charge >= 0.3 is 6.03 Å². The van der Waals surface area contributed by atoms with Crippen LogP contribution in [0.4, 0.5) is 4.79 Å². The van der Waals surface area contributed by atoms with Crippen LogP contribution in [0.3, 0.4) is 0 Å². The average molecular weight is 185 g/mol. The molecule has 3 N–H and O–H groups in total. The van der Waals surface area contributed by atoms with E-state index in [0.29, 0.717) is 6.04 Å². The molecule has 0 radical (unpaired) electrons. The summed E-state index contributed by atoms with van der Waals surface area (Å²) in [6.07, 6.45) is 3.21. The van der Waals surface area contributed by atoms with E-state index in [2.05, 4.69) is 22.9 Å². The van der Waals surface area contributed by atoms with E-state index in [1.807, 2.05) is 0 Å². The summed E-state index contributed by atoms with van der Waals surface area (Å²) in [6, 6.07) is 0.295. The van der Waals surface area contributed by atoms with E-state index < -0.39 is 0 Å². The standard InChI is InChI=1S/C9H19N3O/c1-2-3-5-11-9(13)12-8-4-6-10-7-8/h8,10H,2-7H2,1H3,(H2,11,12,13). The lowest BCUT2D eigenvalue weighted by atomic mass is 10.3. The first-order chi connectivity index (χ1) is 6.33. The zero-order valence-corrected chi connectivity index (χ0v) is 8.23. The molecule has 4 heteroatoms. The number of hydrogen-bond donors (Lipinski definition) is 3. The van der Waals surface area contributed by atoms with E-state index in [0.717, 1.165) is 38.9 Å². The van der Waals surface area contributed by atoms with Gasteiger partial charge in [0.15, 0.2) is 0 Å². The van der Waals surface area contributed by atoms with Gasteiger partial charge in [-0.3, -0.25) is 0 Å². The molecule has 1 atom stereocenters. The van der Waals surface area contributed by atoms with Crippen LogP contribution in [0.25, 0.3) is 0 Å². The maximum Gasteiger partial charge on any atom is 0.315 e. The fourth-order valence-corrected chi connectivity index (χ4v) is 1.39. The Balaban J connectivity index is 2.02. The molecule has 2 amide bonds. The summed E-state index contributed by atoms with van der Waals surface area (Å²) >= 11 is 0. The van der Waals surface area contributed by atoms with Crippen molar-refractivity contribution in [2.24, 2.45) is 0 Å². The number of nitrogens with one attached hydrogen (secondary N) is 3. The quantitative estimate of drug-likeness (QED) is 0.557. The summed E-state index contributed by atoms with van der Waals surface area (Å²) in [5.74, 6) is 0. The first-order valence-electron chi connectivity index (χ1n) is 5.08. The normalized spacial score (nSPS) is 21.5. The molecule has 0 aliphatic carbocycles. The minimum absolute atomic E-state index is 0.0258. The fourth-order valence-electron chi connectivity index (χ4n) is 1.39. The highest BCUT2D eigenvalue weighted by atomic mass is 16.2. The van der Waals surface area contributed by atoms with Gasteiger partial charge in [-0.2, -0.15) is 0 Å². The molecule has 0 saturated carbocycles. The highest BCUT2D eigenvalue weighted by Crippen LogP contribution is 1.96. The van der Waals surface area contributed by atoms with Crippen LogP contribution in [0.2, 0.25) is 0 Å². The number of amides is 2. The van der Waals surface area contributed by atoms with Gasteiger partial charge in [-0.1, -0.05) is 13.3 Å². The Hall–Kier alpha value is -0.770. The molecule has 0 aromatic heterocycles. The lowest BCUT2D eigenvalue weighted by Crippen LogP contribution is -2.43. The third kappa shape index (κ3) is 4.12. The first kappa shape index (κ1) is 10.3. The summed E-state index contributed by atoms with van der Waals surface area (Å²) in [4.78, 5) is 11.2. The van der Waals surface area contributed by atoms with Gasteiger partial charge in [0.05, 0.1) is 0 Å². The predicted molar refractivity (Wildman–Crippen MR) is 52.7 cm³/mol. The Morgan fingerprint density at radius 3 is 3.08 bits per heavy atom. The van der Waals surface area contributed by atoms with Crippen LogP contribution in [0.15, 0.2) is 0 Å². The molecule has 0 spiro atoms. The Morgan fingerprint density at radius 1 is 1.62 bits per heavy atom. The van der Waals surface area contributed by atoms with Gasteiger partial charge in [-0.25, -0.2) is 4.79 Å². The molecule has 76 valence electrons. The minimum Gasteiger partial charge on any atom is -0.338 e. The van der Waals surface area contributed by atoms with Gasteiger partial charge in [0.2, 0.25) is 0 Å². The molecule has 4 nitrogen and oxygen atoms in total. The van der Waals surface area contributed by atoms with E-state index >= 15 is 0 Å². The van der Waals surface area contributed by atoms with Gasteiger partial charge in [-0.15, -0.1) is 0 Å². The largest absolute Gasteiger partial charge is 0.338 e. The Morgan fingerprint density at radius 2 is 2.46 bits per heavy atom. The number of hydrogen-bond acceptors (Lipinski definition) is 2. The smallest absolute Gasteiger partial charge is 0.315 e. The predicted octanol–water partition coefficient (Wildman–Crippen LogP) is 0.448. The van der Waals surface area contributed by atoms with E-state index in [-0.39, 0.29) is 6.03 Å². The van der Waals surface area contributed by atoms with Gasteiger partial charge < -0.3 is 16.0 Å². The summed E-state index contributed by atoms with van der Waals surface area (Å²) in [5, 5.41) is 8.96. The second-order valence-corrected chi connectivity index (χ2v) is 3.44. The molecule has 1 fully saturated rings. The van der Waals surface area contributed by atoms with Gasteiger partial charge in [0.25, 0.3) is 0 Å². The van der Waals surface area contributed by atoms with Crippen LogP contribution in [-0.2, 0) is 0 Å². The van der Waals surface area contributed by atoms with Crippen molar-refractivity contribution in [2.45, 2.75) is 32.2 Å². The van der Waals surface area contributed by atoms with Crippen LogP contribution in [-0.4, -0.2) is 31.7 Å². The fraction of sp³-hybridized carbons (Fsp3) is 0.889. The van der Waals surface area contributed by atoms with Crippen molar-refractivity contribution in [3.8, 4) is 0 Å². The molecular weight excluding hydrogens is 166 g/mol. The molecule has 1 rings (SSSR count). The molecule has 1 aliphatic rings. The number of unbranched alkanes of at least 4 members (excludes halogenated alkanes) is 1. The third-order valence-electron chi connectivity index (χ3n) is 2.21. The van der Waals surface area contributed by atoms with Crippen LogP contribution in [0.5, 0.6) is 0 Å². The second-order valence-electron chi connectivity index (χ2n) is 3.44. The molecule has 13 heavy (non-hydrogen) atoms. The van der Waals surface area contributed by atoms with Crippen molar-refractivity contribution in [3.05, 3.63) is 0 Å². The second kappa shape index (κ2) is 5.80. The Kier molecular flexibility index (Phi) is 4.60. The SMILES string of the molecule is CCCCNC(=O)NC1CCNC1. The molecule has 1 unspecified atom stereocenters. The number of carbonyl (C=O) groups is 1. The van der Waals surface area contributed by atoms with E-state index in [1.54, 1.807) is 0 Å². The van der Waals surface area contributed by atoms with Crippen LogP contribution >= 0.6 is 0 Å². The van der Waals surface area contributed by atoms with Crippen molar-refractivity contribution in [1.29, 1.82) is 0 Å². The maximum atomic E-state index is 11.2. The zero-order valence-electron chi connectivity index (χ0n) is 8.23. The van der Waals surface area contributed by atoms with E-state index in [1.165, 1.54) is 0 Å². The monoisotopic (exact) mass is 185 g/mol. The number of urea groups is 1. The van der Waals surface area contributed by atoms with E-state index in [9.17, 15) is 4.79 Å². The lowest BCUT2D eigenvalue weighted by molar-refractivity contribution is 0.237. The molecule has 1 saturated heterocycles. The van der Waals surface area contributed by atoms with Gasteiger partial charge in [0, 0.05) is 19.1 Å². The van der Waals surface area contributed by atoms with Crippen molar-refractivity contribution in [2.75, 3.05) is 19.6 Å². The van der Waals surface area contributed by atoms with Crippen LogP contribution in [0.1, 0.15) is 26.2 Å². The van der Waals surface area contributed by atoms with Crippen LogP contribution in [0, 0.1) is 0 Å². The minimum atomic E-state index is -0.0258. The third-order valence-corrected chi connectivity index (χ3v) is 2.21. The van der Waals surface area contributed by atoms with Crippen molar-refractivity contribution in [3.63, 3.8) is 0 Å². The topological polar surface area (TPSA) is 53.2 Å². The van der Waals surface area contributed by atoms with Gasteiger partial charge in [-0.05, 0) is 19.4 Å². The highest BCUT2D eigenvalue weighted by Gasteiger charge is 2.15. The molecule has 0 aromatic carbocycles.